The molecule has 0 radical (unpaired) electrons. The molecule has 0 bridgehead atoms. The van der Waals surface area contributed by atoms with Crippen molar-refractivity contribution in [2.75, 3.05) is 55.1 Å². The number of fused-ring (bicyclic) bond motifs is 2. The number of amides is 1. The van der Waals surface area contributed by atoms with Gasteiger partial charge in [-0.25, -0.2) is 9.37 Å². The number of hydrogen-bond acceptors (Lipinski definition) is 6. The fraction of sp³-hybridized carbons (Fsp3) is 0.387. The smallest absolute Gasteiger partial charge is 0.256 e. The van der Waals surface area contributed by atoms with Gasteiger partial charge in [0.15, 0.2) is 0 Å². The van der Waals surface area contributed by atoms with Gasteiger partial charge in [0.05, 0.1) is 12.2 Å². The highest BCUT2D eigenvalue weighted by Gasteiger charge is 2.36. The third kappa shape index (κ3) is 5.43. The normalized spacial score (nSPS) is 17.7. The molecule has 2 fully saturated rings. The van der Waals surface area contributed by atoms with Crippen molar-refractivity contribution in [3.05, 3.63) is 71.7 Å². The van der Waals surface area contributed by atoms with Crippen LogP contribution in [0.15, 0.2) is 60.6 Å². The molecule has 1 saturated carbocycles. The molecule has 1 unspecified atom stereocenters. The lowest BCUT2D eigenvalue weighted by Crippen LogP contribution is -2.37. The van der Waals surface area contributed by atoms with Gasteiger partial charge in [-0.1, -0.05) is 6.07 Å². The fourth-order valence-electron chi connectivity index (χ4n) is 5.66. The summed E-state index contributed by atoms with van der Waals surface area (Å²) in [7, 11) is 0. The maximum Gasteiger partial charge on any atom is 0.256 e. The van der Waals surface area contributed by atoms with E-state index in [1.807, 2.05) is 12.4 Å². The van der Waals surface area contributed by atoms with Crippen LogP contribution >= 0.6 is 0 Å². The van der Waals surface area contributed by atoms with Crippen molar-refractivity contribution in [1.29, 1.82) is 0 Å². The van der Waals surface area contributed by atoms with Crippen molar-refractivity contribution in [3.8, 4) is 11.1 Å². The quantitative estimate of drug-likeness (QED) is 0.334. The van der Waals surface area contributed by atoms with Crippen LogP contribution in [0.1, 0.15) is 36.8 Å². The molecule has 1 aliphatic carbocycles. The molecule has 6 rings (SSSR count). The minimum atomic E-state index is -0.564. The lowest BCUT2D eigenvalue weighted by molar-refractivity contribution is -0.111. The van der Waals surface area contributed by atoms with Crippen LogP contribution in [0.25, 0.3) is 16.7 Å². The number of carbonyl (C=O) groups is 1. The number of carbonyl (C=O) groups excluding carboxylic acids is 1. The second-order valence-corrected chi connectivity index (χ2v) is 10.7. The highest BCUT2D eigenvalue weighted by atomic mass is 19.1. The maximum absolute atomic E-state index is 13.8. The third-order valence-electron chi connectivity index (χ3n) is 8.02. The Morgan fingerprint density at radius 3 is 2.73 bits per heavy atom. The Morgan fingerprint density at radius 1 is 1.07 bits per heavy atom. The Kier molecular flexibility index (Phi) is 7.73. The number of hydrogen-bond donors (Lipinski definition) is 2. The number of aromatic nitrogens is 2. The zero-order valence-electron chi connectivity index (χ0n) is 22.5. The minimum Gasteiger partial charge on any atom is -0.378 e. The van der Waals surface area contributed by atoms with Crippen molar-refractivity contribution in [3.63, 3.8) is 0 Å². The van der Waals surface area contributed by atoms with Gasteiger partial charge in [-0.15, -0.1) is 0 Å². The number of nitrogens with zero attached hydrogens (tertiary/aromatic N) is 4. The molecule has 2 aromatic heterocycles. The van der Waals surface area contributed by atoms with E-state index in [-0.39, 0.29) is 18.5 Å². The highest BCUT2D eigenvalue weighted by molar-refractivity contribution is 6.28. The summed E-state index contributed by atoms with van der Waals surface area (Å²) in [4.78, 5) is 26.8. The van der Waals surface area contributed by atoms with Crippen molar-refractivity contribution < 1.29 is 13.6 Å². The van der Waals surface area contributed by atoms with E-state index < -0.39 is 13.3 Å². The highest BCUT2D eigenvalue weighted by Crippen LogP contribution is 2.44. The number of likely N-dealkylation sites (tertiary alicyclic amines) is 1. The first-order valence-electron chi connectivity index (χ1n) is 14.1. The van der Waals surface area contributed by atoms with Crippen molar-refractivity contribution in [2.45, 2.75) is 38.3 Å². The zero-order valence-corrected chi connectivity index (χ0v) is 22.5. The minimum absolute atomic E-state index is 0.122. The van der Waals surface area contributed by atoms with E-state index >= 15 is 0 Å². The predicted molar refractivity (Wildman–Crippen MR) is 155 cm³/mol. The molecule has 40 heavy (non-hydrogen) atoms. The molecule has 0 spiro atoms. The van der Waals surface area contributed by atoms with E-state index in [2.05, 4.69) is 49.8 Å². The SMILES string of the molecule is O=C(Nc1ccnc(N(CCF)CCCF)c1)C1=C2CCC2Nc2ccc(-c3cncc(CN4CCC4)c3)cc21. The van der Waals surface area contributed by atoms with E-state index in [0.717, 1.165) is 60.4 Å². The van der Waals surface area contributed by atoms with E-state index in [0.29, 0.717) is 30.0 Å². The Labute approximate surface area is 233 Å². The van der Waals surface area contributed by atoms with Crippen LogP contribution in [0.2, 0.25) is 0 Å². The van der Waals surface area contributed by atoms with Gasteiger partial charge in [-0.2, -0.15) is 0 Å². The van der Waals surface area contributed by atoms with Gasteiger partial charge in [0, 0.05) is 72.8 Å². The van der Waals surface area contributed by atoms with E-state index in [1.165, 1.54) is 12.0 Å². The first kappa shape index (κ1) is 26.4. The van der Waals surface area contributed by atoms with Crippen LogP contribution in [-0.2, 0) is 11.3 Å². The average molecular weight is 545 g/mol. The molecule has 3 aliphatic rings. The maximum atomic E-state index is 13.8. The number of benzene rings is 1. The standard InChI is InChI=1S/C31H34F2N6O/c32-8-1-13-39(14-9-33)29-17-24(7-10-35-29)36-31(40)30-25-4-6-27(25)37-28-5-3-22(16-26(28)30)23-15-21(18-34-19-23)20-38-11-2-12-38/h3,5,7,10,15-19,27,37H,1-2,4,6,8-9,11-14,20H2,(H,35,36,40). The van der Waals surface area contributed by atoms with Crippen LogP contribution in [0.3, 0.4) is 0 Å². The molecule has 7 nitrogen and oxygen atoms in total. The number of rotatable bonds is 11. The van der Waals surface area contributed by atoms with E-state index in [4.69, 9.17) is 0 Å². The van der Waals surface area contributed by atoms with Crippen LogP contribution in [0, 0.1) is 0 Å². The number of anilines is 3. The molecule has 3 aromatic rings. The zero-order chi connectivity index (χ0) is 27.5. The molecular weight excluding hydrogens is 510 g/mol. The van der Waals surface area contributed by atoms with Gasteiger partial charge >= 0.3 is 0 Å². The molecule has 4 heterocycles. The molecular formula is C31H34F2N6O. The summed E-state index contributed by atoms with van der Waals surface area (Å²) in [6.07, 6.45) is 8.79. The molecule has 208 valence electrons. The molecule has 1 amide bonds. The third-order valence-corrected chi connectivity index (χ3v) is 8.02. The number of halogens is 2. The summed E-state index contributed by atoms with van der Waals surface area (Å²) in [5.74, 6) is 0.337. The topological polar surface area (TPSA) is 73.4 Å². The van der Waals surface area contributed by atoms with Gasteiger partial charge in [-0.05, 0) is 79.7 Å². The summed E-state index contributed by atoms with van der Waals surface area (Å²) in [6.45, 7) is 2.60. The van der Waals surface area contributed by atoms with Crippen molar-refractivity contribution in [1.82, 2.24) is 14.9 Å². The summed E-state index contributed by atoms with van der Waals surface area (Å²) in [5, 5.41) is 6.65. The van der Waals surface area contributed by atoms with Gasteiger partial charge in [0.25, 0.3) is 5.91 Å². The van der Waals surface area contributed by atoms with Crippen molar-refractivity contribution in [2.24, 2.45) is 0 Å². The predicted octanol–water partition coefficient (Wildman–Crippen LogP) is 5.47. The monoisotopic (exact) mass is 544 g/mol. The molecule has 9 heteroatoms. The average Bonchev–Trinajstić information content (AvgIpc) is 2.94. The van der Waals surface area contributed by atoms with Crippen molar-refractivity contribution >= 4 is 28.7 Å². The fourth-order valence-corrected chi connectivity index (χ4v) is 5.66. The Balaban J connectivity index is 1.27. The summed E-state index contributed by atoms with van der Waals surface area (Å²) < 4.78 is 25.9. The first-order chi connectivity index (χ1) is 19.6. The lowest BCUT2D eigenvalue weighted by atomic mass is 9.76. The Hall–Kier alpha value is -3.85. The van der Waals surface area contributed by atoms with Crippen LogP contribution in [-0.4, -0.2) is 66.3 Å². The molecule has 1 atom stereocenters. The van der Waals surface area contributed by atoms with Gasteiger partial charge in [0.1, 0.15) is 12.5 Å². The van der Waals surface area contributed by atoms with Gasteiger partial charge in [0.2, 0.25) is 0 Å². The Morgan fingerprint density at radius 2 is 1.98 bits per heavy atom. The molecule has 1 aromatic carbocycles. The second kappa shape index (κ2) is 11.7. The largest absolute Gasteiger partial charge is 0.378 e. The second-order valence-electron chi connectivity index (χ2n) is 10.7. The van der Waals surface area contributed by atoms with E-state index in [1.54, 1.807) is 23.2 Å². The number of pyridine rings is 2. The number of nitrogens with one attached hydrogen (secondary N) is 2. The van der Waals surface area contributed by atoms with Gasteiger partial charge < -0.3 is 15.5 Å². The van der Waals surface area contributed by atoms with Crippen LogP contribution < -0.4 is 15.5 Å². The van der Waals surface area contributed by atoms with Crippen LogP contribution in [0.4, 0.5) is 26.0 Å². The van der Waals surface area contributed by atoms with E-state index in [9.17, 15) is 13.6 Å². The number of alkyl halides is 2. The van der Waals surface area contributed by atoms with Gasteiger partial charge in [-0.3, -0.25) is 19.1 Å². The molecule has 2 N–H and O–H groups in total. The summed E-state index contributed by atoms with van der Waals surface area (Å²) >= 11 is 0. The first-order valence-corrected chi connectivity index (χ1v) is 14.1. The molecule has 1 saturated heterocycles. The van der Waals surface area contributed by atoms with Crippen LogP contribution in [0.5, 0.6) is 0 Å². The summed E-state index contributed by atoms with van der Waals surface area (Å²) in [5.41, 5.74) is 7.45. The Bertz CT molecular complexity index is 1420. The molecule has 2 aliphatic heterocycles. The summed E-state index contributed by atoms with van der Waals surface area (Å²) in [6, 6.07) is 12.0. The lowest BCUT2D eigenvalue weighted by Gasteiger charge is -2.39.